The van der Waals surface area contributed by atoms with E-state index >= 15 is 0 Å². The van der Waals surface area contributed by atoms with Crippen molar-refractivity contribution < 1.29 is 14.0 Å². The molecule has 3 amide bonds. The number of nitrogens with one attached hydrogen (secondary N) is 2. The van der Waals surface area contributed by atoms with Crippen LogP contribution in [0.4, 0.5) is 14.9 Å². The molecule has 1 heterocycles. The molecule has 5 nitrogen and oxygen atoms in total. The number of urea groups is 1. The number of carbonyl (C=O) groups excluding carboxylic acids is 2. The van der Waals surface area contributed by atoms with Crippen molar-refractivity contribution in [3.8, 4) is 0 Å². The van der Waals surface area contributed by atoms with Gasteiger partial charge in [-0.3, -0.25) is 4.79 Å². The zero-order valence-corrected chi connectivity index (χ0v) is 13.7. The third-order valence-electron chi connectivity index (χ3n) is 4.25. The van der Waals surface area contributed by atoms with Gasteiger partial charge in [0.15, 0.2) is 0 Å². The van der Waals surface area contributed by atoms with Crippen LogP contribution < -0.4 is 10.6 Å². The molecular formula is C19H20FN3O2. The van der Waals surface area contributed by atoms with Gasteiger partial charge in [-0.1, -0.05) is 18.2 Å². The molecule has 0 unspecified atom stereocenters. The summed E-state index contributed by atoms with van der Waals surface area (Å²) in [6.07, 6.45) is 1.38. The highest BCUT2D eigenvalue weighted by atomic mass is 19.1. The van der Waals surface area contributed by atoms with Crippen LogP contribution in [0.3, 0.4) is 0 Å². The lowest BCUT2D eigenvalue weighted by atomic mass is 10.0. The summed E-state index contributed by atoms with van der Waals surface area (Å²) in [5.41, 5.74) is 1.20. The Balaban J connectivity index is 1.47. The Morgan fingerprint density at radius 2 is 1.60 bits per heavy atom. The van der Waals surface area contributed by atoms with Gasteiger partial charge in [-0.2, -0.15) is 0 Å². The Morgan fingerprint density at radius 3 is 2.24 bits per heavy atom. The number of likely N-dealkylation sites (tertiary alicyclic amines) is 1. The maximum atomic E-state index is 12.9. The van der Waals surface area contributed by atoms with Crippen LogP contribution in [-0.2, 0) is 0 Å². The number of nitrogens with zero attached hydrogens (tertiary/aromatic N) is 1. The minimum atomic E-state index is -0.366. The van der Waals surface area contributed by atoms with Gasteiger partial charge in [0.2, 0.25) is 0 Å². The minimum absolute atomic E-state index is 0.0123. The molecule has 0 radical (unpaired) electrons. The zero-order chi connectivity index (χ0) is 17.6. The van der Waals surface area contributed by atoms with Crippen molar-refractivity contribution in [1.82, 2.24) is 10.2 Å². The number of piperidine rings is 1. The number of rotatable bonds is 3. The number of carbonyl (C=O) groups is 2. The molecule has 0 aromatic heterocycles. The highest BCUT2D eigenvalue weighted by Crippen LogP contribution is 2.14. The van der Waals surface area contributed by atoms with Crippen LogP contribution in [-0.4, -0.2) is 36.0 Å². The van der Waals surface area contributed by atoms with Gasteiger partial charge in [0.25, 0.3) is 5.91 Å². The van der Waals surface area contributed by atoms with Gasteiger partial charge in [-0.25, -0.2) is 9.18 Å². The van der Waals surface area contributed by atoms with Gasteiger partial charge < -0.3 is 15.5 Å². The van der Waals surface area contributed by atoms with E-state index in [9.17, 15) is 14.0 Å². The summed E-state index contributed by atoms with van der Waals surface area (Å²) >= 11 is 0. The first-order valence-electron chi connectivity index (χ1n) is 8.29. The van der Waals surface area contributed by atoms with Crippen molar-refractivity contribution >= 4 is 17.6 Å². The van der Waals surface area contributed by atoms with E-state index in [1.165, 1.54) is 24.3 Å². The van der Waals surface area contributed by atoms with Gasteiger partial charge >= 0.3 is 6.03 Å². The van der Waals surface area contributed by atoms with Crippen LogP contribution in [0.25, 0.3) is 0 Å². The van der Waals surface area contributed by atoms with Crippen molar-refractivity contribution in [3.63, 3.8) is 0 Å². The van der Waals surface area contributed by atoms with E-state index in [-0.39, 0.29) is 23.8 Å². The maximum Gasteiger partial charge on any atom is 0.321 e. The first-order valence-corrected chi connectivity index (χ1v) is 8.29. The fourth-order valence-electron chi connectivity index (χ4n) is 2.82. The molecule has 130 valence electrons. The largest absolute Gasteiger partial charge is 0.349 e. The van der Waals surface area contributed by atoms with Crippen molar-refractivity contribution in [1.29, 1.82) is 0 Å². The molecule has 25 heavy (non-hydrogen) atoms. The summed E-state index contributed by atoms with van der Waals surface area (Å²) in [5.74, 6) is -0.582. The molecule has 3 rings (SSSR count). The molecule has 0 atom stereocenters. The second-order valence-electron chi connectivity index (χ2n) is 6.04. The summed E-state index contributed by atoms with van der Waals surface area (Å²) in [7, 11) is 0. The molecule has 1 saturated heterocycles. The normalized spacial score (nSPS) is 14.8. The Labute approximate surface area is 145 Å². The SMILES string of the molecule is O=C(NC1CCN(C(=O)Nc2ccccc2)CC1)c1ccc(F)cc1. The molecule has 1 aliphatic heterocycles. The van der Waals surface area contributed by atoms with E-state index < -0.39 is 0 Å². The standard InChI is InChI=1S/C19H20FN3O2/c20-15-8-6-14(7-9-15)18(24)21-17-10-12-23(13-11-17)19(25)22-16-4-2-1-3-5-16/h1-9,17H,10-13H2,(H,21,24)(H,22,25). The number of para-hydroxylation sites is 1. The third kappa shape index (κ3) is 4.56. The van der Waals surface area contributed by atoms with Crippen LogP contribution in [0.5, 0.6) is 0 Å². The quantitative estimate of drug-likeness (QED) is 0.900. The Hall–Kier alpha value is -2.89. The number of benzene rings is 2. The predicted molar refractivity (Wildman–Crippen MR) is 93.9 cm³/mol. The molecule has 2 aromatic rings. The third-order valence-corrected chi connectivity index (χ3v) is 4.25. The summed E-state index contributed by atoms with van der Waals surface area (Å²) in [5, 5.41) is 5.81. The number of hydrogen-bond acceptors (Lipinski definition) is 2. The lowest BCUT2D eigenvalue weighted by Gasteiger charge is -2.32. The zero-order valence-electron chi connectivity index (χ0n) is 13.7. The Morgan fingerprint density at radius 1 is 0.960 bits per heavy atom. The fraction of sp³-hybridized carbons (Fsp3) is 0.263. The molecule has 0 aliphatic carbocycles. The molecular weight excluding hydrogens is 321 g/mol. The average Bonchev–Trinajstić information content (AvgIpc) is 2.63. The van der Waals surface area contributed by atoms with Crippen molar-refractivity contribution in [2.45, 2.75) is 18.9 Å². The second-order valence-corrected chi connectivity index (χ2v) is 6.04. The van der Waals surface area contributed by atoms with Crippen molar-refractivity contribution in [2.24, 2.45) is 0 Å². The minimum Gasteiger partial charge on any atom is -0.349 e. The van der Waals surface area contributed by atoms with Crippen LogP contribution in [0.2, 0.25) is 0 Å². The van der Waals surface area contributed by atoms with E-state index in [0.29, 0.717) is 31.5 Å². The highest BCUT2D eigenvalue weighted by molar-refractivity contribution is 5.94. The van der Waals surface area contributed by atoms with Gasteiger partial charge in [0.1, 0.15) is 5.82 Å². The van der Waals surface area contributed by atoms with Gasteiger partial charge in [-0.15, -0.1) is 0 Å². The monoisotopic (exact) mass is 341 g/mol. The topological polar surface area (TPSA) is 61.4 Å². The first-order chi connectivity index (χ1) is 12.1. The molecule has 0 bridgehead atoms. The van der Waals surface area contributed by atoms with Gasteiger partial charge in [-0.05, 0) is 49.2 Å². The summed E-state index contributed by atoms with van der Waals surface area (Å²) in [4.78, 5) is 26.1. The summed E-state index contributed by atoms with van der Waals surface area (Å²) < 4.78 is 12.9. The smallest absolute Gasteiger partial charge is 0.321 e. The lowest BCUT2D eigenvalue weighted by Crippen LogP contribution is -2.47. The number of halogens is 1. The van der Waals surface area contributed by atoms with E-state index in [2.05, 4.69) is 10.6 Å². The van der Waals surface area contributed by atoms with E-state index in [1.807, 2.05) is 30.3 Å². The fourth-order valence-corrected chi connectivity index (χ4v) is 2.82. The highest BCUT2D eigenvalue weighted by Gasteiger charge is 2.24. The van der Waals surface area contributed by atoms with E-state index in [1.54, 1.807) is 4.90 Å². The second kappa shape index (κ2) is 7.79. The summed E-state index contributed by atoms with van der Waals surface area (Å²) in [6.45, 7) is 1.15. The maximum absolute atomic E-state index is 12.9. The number of anilines is 1. The predicted octanol–water partition coefficient (Wildman–Crippen LogP) is 3.25. The van der Waals surface area contributed by atoms with Crippen molar-refractivity contribution in [2.75, 3.05) is 18.4 Å². The van der Waals surface area contributed by atoms with Crippen LogP contribution in [0, 0.1) is 5.82 Å². The average molecular weight is 341 g/mol. The molecule has 2 N–H and O–H groups in total. The van der Waals surface area contributed by atoms with Gasteiger partial charge in [0, 0.05) is 30.4 Å². The van der Waals surface area contributed by atoms with E-state index in [4.69, 9.17) is 0 Å². The molecule has 2 aromatic carbocycles. The van der Waals surface area contributed by atoms with Gasteiger partial charge in [0.05, 0.1) is 0 Å². The molecule has 1 fully saturated rings. The molecule has 0 spiro atoms. The Bertz CT molecular complexity index is 726. The lowest BCUT2D eigenvalue weighted by molar-refractivity contribution is 0.0919. The molecule has 1 aliphatic rings. The number of amides is 3. The Kier molecular flexibility index (Phi) is 5.28. The van der Waals surface area contributed by atoms with Crippen molar-refractivity contribution in [3.05, 3.63) is 66.0 Å². The van der Waals surface area contributed by atoms with Crippen LogP contribution >= 0.6 is 0 Å². The number of hydrogen-bond donors (Lipinski definition) is 2. The van der Waals surface area contributed by atoms with Crippen LogP contribution in [0.1, 0.15) is 23.2 Å². The van der Waals surface area contributed by atoms with Crippen LogP contribution in [0.15, 0.2) is 54.6 Å². The van der Waals surface area contributed by atoms with E-state index in [0.717, 1.165) is 5.69 Å². The first kappa shape index (κ1) is 17.0. The molecule has 6 heteroatoms. The molecule has 0 saturated carbocycles. The summed E-state index contributed by atoms with van der Waals surface area (Å²) in [6, 6.07) is 14.7.